The molecule has 6 nitrogen and oxygen atoms in total. The number of nitrogens with zero attached hydrogens (tertiary/aromatic N) is 1. The number of nitrogens with one attached hydrogen (secondary N) is 1. The molecule has 0 saturated heterocycles. The van der Waals surface area contributed by atoms with Crippen molar-refractivity contribution in [2.75, 3.05) is 6.54 Å². The second kappa shape index (κ2) is 7.15. The molecule has 1 atom stereocenters. The third kappa shape index (κ3) is 4.81. The van der Waals surface area contributed by atoms with Gasteiger partial charge in [-0.3, -0.25) is 4.79 Å². The summed E-state index contributed by atoms with van der Waals surface area (Å²) >= 11 is 0. The highest BCUT2D eigenvalue weighted by molar-refractivity contribution is 7.89. The number of nitriles is 1. The van der Waals surface area contributed by atoms with Gasteiger partial charge in [-0.2, -0.15) is 5.26 Å². The molecule has 0 aliphatic rings. The average molecular weight is 314 g/mol. The van der Waals surface area contributed by atoms with Gasteiger partial charge in [-0.25, -0.2) is 17.5 Å². The maximum Gasteiger partial charge on any atom is 0.306 e. The van der Waals surface area contributed by atoms with Gasteiger partial charge in [-0.05, 0) is 31.0 Å². The maximum absolute atomic E-state index is 13.1. The van der Waals surface area contributed by atoms with Crippen LogP contribution in [0.5, 0.6) is 0 Å². The highest BCUT2D eigenvalue weighted by Crippen LogP contribution is 2.14. The first-order valence-corrected chi connectivity index (χ1v) is 7.68. The topological polar surface area (TPSA) is 107 Å². The summed E-state index contributed by atoms with van der Waals surface area (Å²) < 4.78 is 39.3. The lowest BCUT2D eigenvalue weighted by Gasteiger charge is -2.08. The zero-order valence-corrected chi connectivity index (χ0v) is 12.2. The Morgan fingerprint density at radius 2 is 2.19 bits per heavy atom. The summed E-state index contributed by atoms with van der Waals surface area (Å²) in [5, 5.41) is 17.4. The molecule has 0 heterocycles. The summed E-state index contributed by atoms with van der Waals surface area (Å²) in [5.41, 5.74) is -0.350. The lowest BCUT2D eigenvalue weighted by atomic mass is 10.1. The number of aliphatic carboxylic acids is 1. The molecule has 0 aliphatic carbocycles. The van der Waals surface area contributed by atoms with Gasteiger partial charge in [-0.1, -0.05) is 6.92 Å². The van der Waals surface area contributed by atoms with Gasteiger partial charge in [-0.15, -0.1) is 0 Å². The Labute approximate surface area is 122 Å². The summed E-state index contributed by atoms with van der Waals surface area (Å²) in [6.45, 7) is 1.61. The van der Waals surface area contributed by atoms with Crippen LogP contribution in [0.2, 0.25) is 0 Å². The number of carboxylic acid groups (broad SMARTS) is 1. The molecule has 1 unspecified atom stereocenters. The van der Waals surface area contributed by atoms with Crippen LogP contribution in [0.1, 0.15) is 25.3 Å². The quantitative estimate of drug-likeness (QED) is 0.741. The molecular weight excluding hydrogens is 299 g/mol. The molecule has 1 rings (SSSR count). The first-order chi connectivity index (χ1) is 9.77. The van der Waals surface area contributed by atoms with Gasteiger partial charge in [0.2, 0.25) is 10.0 Å². The van der Waals surface area contributed by atoms with Gasteiger partial charge in [0.25, 0.3) is 0 Å². The van der Waals surface area contributed by atoms with Crippen LogP contribution >= 0.6 is 0 Å². The van der Waals surface area contributed by atoms with Crippen LogP contribution in [0.3, 0.4) is 0 Å². The predicted molar refractivity (Wildman–Crippen MR) is 72.3 cm³/mol. The van der Waals surface area contributed by atoms with Crippen molar-refractivity contribution < 1.29 is 22.7 Å². The molecule has 0 aromatic heterocycles. The van der Waals surface area contributed by atoms with E-state index in [1.807, 2.05) is 0 Å². The van der Waals surface area contributed by atoms with Crippen LogP contribution in [0, 0.1) is 23.1 Å². The van der Waals surface area contributed by atoms with Crippen molar-refractivity contribution in [3.05, 3.63) is 29.6 Å². The third-order valence-corrected chi connectivity index (χ3v) is 4.35. The van der Waals surface area contributed by atoms with Crippen molar-refractivity contribution in [3.63, 3.8) is 0 Å². The minimum absolute atomic E-state index is 0.0687. The number of rotatable bonds is 7. The maximum atomic E-state index is 13.1. The van der Waals surface area contributed by atoms with Gasteiger partial charge < -0.3 is 5.11 Å². The molecule has 114 valence electrons. The van der Waals surface area contributed by atoms with Crippen LogP contribution in [-0.2, 0) is 14.8 Å². The number of halogens is 1. The predicted octanol–water partition coefficient (Wildman–Crippen LogP) is 1.48. The highest BCUT2D eigenvalue weighted by atomic mass is 32.2. The third-order valence-electron chi connectivity index (χ3n) is 2.90. The minimum Gasteiger partial charge on any atom is -0.481 e. The number of carboxylic acids is 1. The molecule has 8 heteroatoms. The van der Waals surface area contributed by atoms with Gasteiger partial charge in [0.05, 0.1) is 16.4 Å². The summed E-state index contributed by atoms with van der Waals surface area (Å²) in [6, 6.07) is 4.51. The van der Waals surface area contributed by atoms with E-state index in [0.29, 0.717) is 12.8 Å². The van der Waals surface area contributed by atoms with Crippen molar-refractivity contribution >= 4 is 16.0 Å². The van der Waals surface area contributed by atoms with E-state index in [9.17, 15) is 17.6 Å². The first-order valence-electron chi connectivity index (χ1n) is 6.20. The van der Waals surface area contributed by atoms with Crippen molar-refractivity contribution in [1.29, 1.82) is 5.26 Å². The monoisotopic (exact) mass is 314 g/mol. The van der Waals surface area contributed by atoms with Crippen molar-refractivity contribution in [2.45, 2.75) is 24.7 Å². The summed E-state index contributed by atoms with van der Waals surface area (Å²) in [4.78, 5) is 10.4. The summed E-state index contributed by atoms with van der Waals surface area (Å²) in [6.07, 6.45) is 0.698. The normalized spacial score (nSPS) is 12.6. The Bertz CT molecular complexity index is 667. The van der Waals surface area contributed by atoms with Gasteiger partial charge in [0, 0.05) is 6.54 Å². The van der Waals surface area contributed by atoms with Crippen LogP contribution in [0.15, 0.2) is 23.1 Å². The van der Waals surface area contributed by atoms with Crippen molar-refractivity contribution in [1.82, 2.24) is 4.72 Å². The molecule has 0 fully saturated rings. The van der Waals surface area contributed by atoms with Gasteiger partial charge in [0.1, 0.15) is 11.9 Å². The minimum atomic E-state index is -3.84. The number of benzene rings is 1. The standard InChI is InChI=1S/C13H15FN2O4S/c1-9(13(17)18)3-2-6-16-21(19,20)11-4-5-12(14)10(7-11)8-15/h4-5,7,9,16H,2-3,6H2,1H3,(H,17,18). The second-order valence-corrected chi connectivity index (χ2v) is 6.30. The molecule has 0 spiro atoms. The van der Waals surface area contributed by atoms with E-state index in [-0.39, 0.29) is 17.0 Å². The Kier molecular flexibility index (Phi) is 5.81. The van der Waals surface area contributed by atoms with Crippen LogP contribution in [0.4, 0.5) is 4.39 Å². The fourth-order valence-electron chi connectivity index (χ4n) is 1.58. The number of carbonyl (C=O) groups is 1. The smallest absolute Gasteiger partial charge is 0.306 e. The first kappa shape index (κ1) is 17.1. The van der Waals surface area contributed by atoms with Crippen LogP contribution < -0.4 is 4.72 Å². The fourth-order valence-corrected chi connectivity index (χ4v) is 2.68. The lowest BCUT2D eigenvalue weighted by Crippen LogP contribution is -2.25. The summed E-state index contributed by atoms with van der Waals surface area (Å²) in [7, 11) is -3.84. The SMILES string of the molecule is CC(CCCNS(=O)(=O)c1ccc(F)c(C#N)c1)C(=O)O. The van der Waals surface area contributed by atoms with Crippen molar-refractivity contribution in [2.24, 2.45) is 5.92 Å². The Hall–Kier alpha value is -1.98. The van der Waals surface area contributed by atoms with E-state index in [4.69, 9.17) is 10.4 Å². The van der Waals surface area contributed by atoms with Crippen LogP contribution in [-0.4, -0.2) is 26.0 Å². The van der Waals surface area contributed by atoms with E-state index < -0.39 is 27.7 Å². The largest absolute Gasteiger partial charge is 0.481 e. The Balaban J connectivity index is 2.66. The average Bonchev–Trinajstić information content (AvgIpc) is 2.43. The van der Waals surface area contributed by atoms with E-state index in [0.717, 1.165) is 18.2 Å². The van der Waals surface area contributed by atoms with E-state index in [1.54, 1.807) is 6.07 Å². The van der Waals surface area contributed by atoms with E-state index in [2.05, 4.69) is 4.72 Å². The zero-order valence-electron chi connectivity index (χ0n) is 11.3. The van der Waals surface area contributed by atoms with Crippen molar-refractivity contribution in [3.8, 4) is 6.07 Å². The summed E-state index contributed by atoms with van der Waals surface area (Å²) in [5.74, 6) is -2.27. The zero-order chi connectivity index (χ0) is 16.0. The van der Waals surface area contributed by atoms with Crippen LogP contribution in [0.25, 0.3) is 0 Å². The molecule has 0 aliphatic heterocycles. The molecule has 2 N–H and O–H groups in total. The van der Waals surface area contributed by atoms with Gasteiger partial charge in [0.15, 0.2) is 0 Å². The molecule has 1 aromatic rings. The Morgan fingerprint density at radius 1 is 1.52 bits per heavy atom. The van der Waals surface area contributed by atoms with Gasteiger partial charge >= 0.3 is 5.97 Å². The molecule has 0 bridgehead atoms. The molecule has 0 radical (unpaired) electrons. The molecule has 1 aromatic carbocycles. The van der Waals surface area contributed by atoms with E-state index >= 15 is 0 Å². The number of hydrogen-bond acceptors (Lipinski definition) is 4. The molecule has 0 saturated carbocycles. The molecule has 21 heavy (non-hydrogen) atoms. The second-order valence-electron chi connectivity index (χ2n) is 4.53. The number of sulfonamides is 1. The number of hydrogen-bond donors (Lipinski definition) is 2. The Morgan fingerprint density at radius 3 is 2.76 bits per heavy atom. The molecular formula is C13H15FN2O4S. The fraction of sp³-hybridized carbons (Fsp3) is 0.385. The lowest BCUT2D eigenvalue weighted by molar-refractivity contribution is -0.141. The molecule has 0 amide bonds. The van der Waals surface area contributed by atoms with E-state index in [1.165, 1.54) is 6.92 Å². The highest BCUT2D eigenvalue weighted by Gasteiger charge is 2.16.